The highest BCUT2D eigenvalue weighted by molar-refractivity contribution is 7.16. The molecule has 1 aliphatic carbocycles. The minimum Gasteiger partial charge on any atom is -0.381 e. The van der Waals surface area contributed by atoms with Crippen LogP contribution in [0.4, 0.5) is 5.82 Å². The van der Waals surface area contributed by atoms with Gasteiger partial charge in [-0.1, -0.05) is 5.21 Å². The number of benzene rings is 1. The summed E-state index contributed by atoms with van der Waals surface area (Å²) < 4.78 is 3.02. The molecular formula is C12H11N5S. The molecular weight excluding hydrogens is 246 g/mol. The first-order valence-corrected chi connectivity index (χ1v) is 6.75. The molecule has 1 aliphatic rings. The summed E-state index contributed by atoms with van der Waals surface area (Å²) in [6, 6.07) is 6.12. The third kappa shape index (κ3) is 1.42. The van der Waals surface area contributed by atoms with Crippen LogP contribution in [0.25, 0.3) is 15.9 Å². The van der Waals surface area contributed by atoms with Crippen molar-refractivity contribution in [2.75, 3.05) is 5.73 Å². The number of fused-ring (bicyclic) bond motifs is 1. The van der Waals surface area contributed by atoms with Crippen LogP contribution in [0.2, 0.25) is 0 Å². The van der Waals surface area contributed by atoms with E-state index in [1.807, 2.05) is 22.3 Å². The molecule has 0 aliphatic heterocycles. The third-order valence-corrected chi connectivity index (χ3v) is 4.05. The number of aromatic nitrogens is 4. The summed E-state index contributed by atoms with van der Waals surface area (Å²) in [5.74, 6) is 1.08. The van der Waals surface area contributed by atoms with E-state index >= 15 is 0 Å². The zero-order valence-electron chi connectivity index (χ0n) is 9.58. The molecule has 0 unspecified atom stereocenters. The molecule has 2 N–H and O–H groups in total. The summed E-state index contributed by atoms with van der Waals surface area (Å²) in [7, 11) is 0. The van der Waals surface area contributed by atoms with Gasteiger partial charge in [0.15, 0.2) is 5.82 Å². The fourth-order valence-electron chi connectivity index (χ4n) is 2.21. The van der Waals surface area contributed by atoms with Crippen LogP contribution in [0.5, 0.6) is 0 Å². The van der Waals surface area contributed by atoms with E-state index in [9.17, 15) is 0 Å². The first kappa shape index (κ1) is 10.0. The van der Waals surface area contributed by atoms with E-state index in [0.717, 1.165) is 21.6 Å². The van der Waals surface area contributed by atoms with Gasteiger partial charge in [0.1, 0.15) is 0 Å². The molecule has 0 saturated heterocycles. The molecule has 1 aromatic carbocycles. The zero-order chi connectivity index (χ0) is 12.1. The molecule has 18 heavy (non-hydrogen) atoms. The quantitative estimate of drug-likeness (QED) is 0.765. The van der Waals surface area contributed by atoms with Crippen molar-refractivity contribution in [2.45, 2.75) is 18.8 Å². The van der Waals surface area contributed by atoms with Crippen LogP contribution in [0.3, 0.4) is 0 Å². The van der Waals surface area contributed by atoms with E-state index in [-0.39, 0.29) is 0 Å². The van der Waals surface area contributed by atoms with Crippen molar-refractivity contribution >= 4 is 27.4 Å². The lowest BCUT2D eigenvalue weighted by Crippen LogP contribution is -2.02. The Morgan fingerprint density at radius 1 is 1.33 bits per heavy atom. The summed E-state index contributed by atoms with van der Waals surface area (Å²) in [6.45, 7) is 0. The molecule has 0 amide bonds. The van der Waals surface area contributed by atoms with Crippen LogP contribution < -0.4 is 5.73 Å². The first-order valence-electron chi connectivity index (χ1n) is 5.87. The molecule has 2 heterocycles. The molecule has 3 aromatic rings. The van der Waals surface area contributed by atoms with Crippen molar-refractivity contribution < 1.29 is 0 Å². The maximum atomic E-state index is 5.91. The number of thiazole rings is 1. The van der Waals surface area contributed by atoms with Crippen LogP contribution >= 0.6 is 11.3 Å². The van der Waals surface area contributed by atoms with Gasteiger partial charge in [-0.2, -0.15) is 0 Å². The SMILES string of the molecule is Nc1nnn(-c2ccc3ncsc3c2)c1C1CC1. The van der Waals surface area contributed by atoms with Gasteiger partial charge in [0.25, 0.3) is 0 Å². The molecule has 0 spiro atoms. The predicted octanol–water partition coefficient (Wildman–Crippen LogP) is 2.34. The largest absolute Gasteiger partial charge is 0.381 e. The number of hydrogen-bond acceptors (Lipinski definition) is 5. The number of rotatable bonds is 2. The third-order valence-electron chi connectivity index (χ3n) is 3.26. The number of nitrogens with zero attached hydrogens (tertiary/aromatic N) is 4. The van der Waals surface area contributed by atoms with Crippen LogP contribution in [0.15, 0.2) is 23.7 Å². The molecule has 4 rings (SSSR count). The Kier molecular flexibility index (Phi) is 1.96. The van der Waals surface area contributed by atoms with Gasteiger partial charge in [0.2, 0.25) is 0 Å². The van der Waals surface area contributed by atoms with E-state index in [0.29, 0.717) is 11.7 Å². The number of nitrogens with two attached hydrogens (primary N) is 1. The van der Waals surface area contributed by atoms with Crippen LogP contribution in [0.1, 0.15) is 24.5 Å². The second kappa shape index (κ2) is 3.52. The van der Waals surface area contributed by atoms with Gasteiger partial charge in [-0.3, -0.25) is 0 Å². The summed E-state index contributed by atoms with van der Waals surface area (Å²) in [5.41, 5.74) is 10.8. The lowest BCUT2D eigenvalue weighted by atomic mass is 10.2. The van der Waals surface area contributed by atoms with E-state index in [2.05, 4.69) is 21.4 Å². The Labute approximate surface area is 107 Å². The minimum absolute atomic E-state index is 0.525. The van der Waals surface area contributed by atoms with E-state index < -0.39 is 0 Å². The van der Waals surface area contributed by atoms with Crippen molar-refractivity contribution in [1.82, 2.24) is 20.0 Å². The molecule has 90 valence electrons. The highest BCUT2D eigenvalue weighted by Crippen LogP contribution is 2.42. The van der Waals surface area contributed by atoms with E-state index in [4.69, 9.17) is 5.73 Å². The van der Waals surface area contributed by atoms with Crippen molar-refractivity contribution in [3.05, 3.63) is 29.4 Å². The normalized spacial score (nSPS) is 15.3. The summed E-state index contributed by atoms with van der Waals surface area (Å²) >= 11 is 1.63. The molecule has 6 heteroatoms. The van der Waals surface area contributed by atoms with Crippen LogP contribution in [0, 0.1) is 0 Å². The van der Waals surface area contributed by atoms with Gasteiger partial charge in [0.05, 0.1) is 27.1 Å². The van der Waals surface area contributed by atoms with Crippen molar-refractivity contribution in [3.8, 4) is 5.69 Å². The molecule has 0 atom stereocenters. The number of anilines is 1. The smallest absolute Gasteiger partial charge is 0.169 e. The number of nitrogen functional groups attached to an aromatic ring is 1. The summed E-state index contributed by atoms with van der Waals surface area (Å²) in [6.07, 6.45) is 2.36. The van der Waals surface area contributed by atoms with Crippen LogP contribution in [-0.2, 0) is 0 Å². The highest BCUT2D eigenvalue weighted by atomic mass is 32.1. The summed E-state index contributed by atoms with van der Waals surface area (Å²) in [4.78, 5) is 4.28. The summed E-state index contributed by atoms with van der Waals surface area (Å²) in [5, 5.41) is 8.16. The predicted molar refractivity (Wildman–Crippen MR) is 70.9 cm³/mol. The average molecular weight is 257 g/mol. The molecule has 0 bridgehead atoms. The average Bonchev–Trinajstić information content (AvgIpc) is 2.98. The molecule has 0 radical (unpaired) electrons. The fourth-order valence-corrected chi connectivity index (χ4v) is 2.92. The van der Waals surface area contributed by atoms with Crippen LogP contribution in [-0.4, -0.2) is 20.0 Å². The molecule has 1 saturated carbocycles. The van der Waals surface area contributed by atoms with Crippen molar-refractivity contribution in [1.29, 1.82) is 0 Å². The second-order valence-electron chi connectivity index (χ2n) is 4.55. The Bertz CT molecular complexity index is 725. The maximum Gasteiger partial charge on any atom is 0.169 e. The van der Waals surface area contributed by atoms with Gasteiger partial charge in [0, 0.05) is 5.92 Å². The number of hydrogen-bond donors (Lipinski definition) is 1. The van der Waals surface area contributed by atoms with Crippen molar-refractivity contribution in [3.63, 3.8) is 0 Å². The van der Waals surface area contributed by atoms with E-state index in [1.54, 1.807) is 11.3 Å². The lowest BCUT2D eigenvalue weighted by molar-refractivity contribution is 0.764. The van der Waals surface area contributed by atoms with Gasteiger partial charge >= 0.3 is 0 Å². The highest BCUT2D eigenvalue weighted by Gasteiger charge is 2.31. The lowest BCUT2D eigenvalue weighted by Gasteiger charge is -2.05. The molecule has 2 aromatic heterocycles. The van der Waals surface area contributed by atoms with Gasteiger partial charge in [-0.05, 0) is 31.0 Å². The Morgan fingerprint density at radius 2 is 2.22 bits per heavy atom. The topological polar surface area (TPSA) is 69.6 Å². The maximum absolute atomic E-state index is 5.91. The van der Waals surface area contributed by atoms with Gasteiger partial charge in [-0.15, -0.1) is 16.4 Å². The fraction of sp³-hybridized carbons (Fsp3) is 0.250. The Hall–Kier alpha value is -1.95. The van der Waals surface area contributed by atoms with E-state index in [1.165, 1.54) is 12.8 Å². The van der Waals surface area contributed by atoms with Crippen molar-refractivity contribution in [2.24, 2.45) is 0 Å². The first-order chi connectivity index (χ1) is 8.83. The Morgan fingerprint density at radius 3 is 3.06 bits per heavy atom. The Balaban J connectivity index is 1.90. The standard InChI is InChI=1S/C12H11N5S/c13-12-11(7-1-2-7)17(16-15-12)8-3-4-9-10(5-8)18-6-14-9/h3-7H,1-2,13H2. The van der Waals surface area contributed by atoms with Gasteiger partial charge in [-0.25, -0.2) is 9.67 Å². The minimum atomic E-state index is 0.525. The second-order valence-corrected chi connectivity index (χ2v) is 5.44. The molecule has 1 fully saturated rings. The zero-order valence-corrected chi connectivity index (χ0v) is 10.4. The van der Waals surface area contributed by atoms with Gasteiger partial charge < -0.3 is 5.73 Å². The molecule has 5 nitrogen and oxygen atoms in total. The monoisotopic (exact) mass is 257 g/mol.